The van der Waals surface area contributed by atoms with E-state index in [-0.39, 0.29) is 29.4 Å². The number of hydrogen-bond acceptors (Lipinski definition) is 7. The molecule has 2 aromatic rings. The largest absolute Gasteiger partial charge is 0.466 e. The third-order valence-corrected chi connectivity index (χ3v) is 5.40. The number of benzene rings is 1. The maximum atomic E-state index is 12.5. The van der Waals surface area contributed by atoms with Crippen molar-refractivity contribution in [3.63, 3.8) is 0 Å². The molecule has 1 aromatic carbocycles. The number of aromatic amines is 1. The highest BCUT2D eigenvalue weighted by Crippen LogP contribution is 2.25. The second-order valence-corrected chi connectivity index (χ2v) is 7.53. The number of aryl methyl sites for hydroxylation is 2. The Hall–Kier alpha value is -3.95. The van der Waals surface area contributed by atoms with Gasteiger partial charge < -0.3 is 18.6 Å². The van der Waals surface area contributed by atoms with Gasteiger partial charge in [0.25, 0.3) is 5.56 Å². The van der Waals surface area contributed by atoms with Crippen LogP contribution in [0.2, 0.25) is 0 Å². The first-order valence-electron chi connectivity index (χ1n) is 10.8. The Balaban J connectivity index is 1.68. The van der Waals surface area contributed by atoms with E-state index >= 15 is 0 Å². The zero-order chi connectivity index (χ0) is 23.5. The van der Waals surface area contributed by atoms with Crippen molar-refractivity contribution in [2.45, 2.75) is 33.1 Å². The monoisotopic (exact) mass is 451 g/mol. The van der Waals surface area contributed by atoms with E-state index in [1.54, 1.807) is 30.8 Å². The van der Waals surface area contributed by atoms with Crippen LogP contribution in [-0.2, 0) is 27.7 Å². The van der Waals surface area contributed by atoms with E-state index in [0.717, 1.165) is 22.5 Å². The molecule has 3 heterocycles. The number of nitrogens with one attached hydrogen (secondary N) is 1. The van der Waals surface area contributed by atoms with Crippen LogP contribution in [-0.4, -0.2) is 49.5 Å². The summed E-state index contributed by atoms with van der Waals surface area (Å²) in [5.41, 5.74) is 2.82. The van der Waals surface area contributed by atoms with Gasteiger partial charge in [-0.05, 0) is 38.5 Å². The molecule has 0 saturated heterocycles. The highest BCUT2D eigenvalue weighted by Gasteiger charge is 2.23. The standard InChI is InChI=1S/C23H25N5O5/c1-4-32-20(29)8-6-7-19-24-17-11-14(9-10-18(17)27(19)3)28-12-15-21(25-26-22(15)30)16(13-28)23(31)33-5-2/h9-13H,4-8H2,1-3H3,(H,26,30). The summed E-state index contributed by atoms with van der Waals surface area (Å²) in [7, 11) is 1.93. The van der Waals surface area contributed by atoms with Gasteiger partial charge in [-0.15, -0.1) is 0 Å². The van der Waals surface area contributed by atoms with Crippen LogP contribution in [0.5, 0.6) is 0 Å². The number of aromatic nitrogens is 5. The molecule has 10 nitrogen and oxygen atoms in total. The predicted molar refractivity (Wildman–Crippen MR) is 121 cm³/mol. The van der Waals surface area contributed by atoms with Crippen molar-refractivity contribution < 1.29 is 19.1 Å². The van der Waals surface area contributed by atoms with Gasteiger partial charge in [-0.1, -0.05) is 0 Å². The van der Waals surface area contributed by atoms with Crippen molar-refractivity contribution in [2.24, 2.45) is 7.05 Å². The zero-order valence-electron chi connectivity index (χ0n) is 18.8. The number of carbonyl (C=O) groups is 2. The van der Waals surface area contributed by atoms with Crippen LogP contribution >= 0.6 is 0 Å². The molecule has 0 atom stereocenters. The van der Waals surface area contributed by atoms with Crippen molar-refractivity contribution in [1.82, 2.24) is 24.3 Å². The number of rotatable bonds is 8. The summed E-state index contributed by atoms with van der Waals surface area (Å²) in [4.78, 5) is 41.0. The molecule has 0 saturated carbocycles. The fraction of sp³-hybridized carbons (Fsp3) is 0.348. The van der Waals surface area contributed by atoms with Crippen LogP contribution in [0.4, 0.5) is 0 Å². The van der Waals surface area contributed by atoms with E-state index in [0.29, 0.717) is 31.4 Å². The summed E-state index contributed by atoms with van der Waals surface area (Å²) in [6.45, 7) is 4.09. The third-order valence-electron chi connectivity index (χ3n) is 5.40. The molecule has 2 aliphatic rings. The van der Waals surface area contributed by atoms with E-state index in [2.05, 4.69) is 10.2 Å². The Morgan fingerprint density at radius 2 is 1.91 bits per heavy atom. The van der Waals surface area contributed by atoms with Crippen molar-refractivity contribution >= 4 is 23.0 Å². The molecule has 0 fully saturated rings. The second kappa shape index (κ2) is 9.27. The number of fused-ring (bicyclic) bond motifs is 2. The van der Waals surface area contributed by atoms with E-state index in [1.807, 2.05) is 29.8 Å². The summed E-state index contributed by atoms with van der Waals surface area (Å²) in [5, 5.41) is 6.37. The van der Waals surface area contributed by atoms with Gasteiger partial charge in [0.05, 0.1) is 29.8 Å². The minimum atomic E-state index is -0.550. The molecule has 0 unspecified atom stereocenters. The molecular formula is C23H25N5O5. The molecule has 4 rings (SSSR count). The number of H-pyrrole nitrogens is 1. The molecule has 0 spiro atoms. The summed E-state index contributed by atoms with van der Waals surface area (Å²) < 4.78 is 13.8. The maximum Gasteiger partial charge on any atom is 0.341 e. The lowest BCUT2D eigenvalue weighted by molar-refractivity contribution is -0.143. The summed E-state index contributed by atoms with van der Waals surface area (Å²) in [6.07, 6.45) is 4.86. The van der Waals surface area contributed by atoms with E-state index in [4.69, 9.17) is 14.5 Å². The van der Waals surface area contributed by atoms with Crippen LogP contribution in [0, 0.1) is 0 Å². The van der Waals surface area contributed by atoms with Crippen LogP contribution in [0.1, 0.15) is 42.9 Å². The molecule has 33 heavy (non-hydrogen) atoms. The van der Waals surface area contributed by atoms with Gasteiger partial charge in [0.2, 0.25) is 0 Å². The topological polar surface area (TPSA) is 121 Å². The van der Waals surface area contributed by atoms with E-state index in [9.17, 15) is 14.4 Å². The minimum absolute atomic E-state index is 0.202. The summed E-state index contributed by atoms with van der Waals surface area (Å²) in [6, 6.07) is 5.70. The van der Waals surface area contributed by atoms with Crippen molar-refractivity contribution in [2.75, 3.05) is 13.2 Å². The number of carbonyl (C=O) groups excluding carboxylic acids is 2. The first-order chi connectivity index (χ1) is 15.9. The van der Waals surface area contributed by atoms with E-state index < -0.39 is 5.97 Å². The van der Waals surface area contributed by atoms with Crippen LogP contribution in [0.3, 0.4) is 0 Å². The van der Waals surface area contributed by atoms with E-state index in [1.165, 1.54) is 0 Å². The SMILES string of the molecule is CCOC(=O)CCCc1nc2cc(-n3cc(C(=O)OCC)c4n[nH]c(=O)c-4c3)ccc2n1C. The Kier molecular flexibility index (Phi) is 6.25. The first kappa shape index (κ1) is 22.3. The molecular weight excluding hydrogens is 426 g/mol. The lowest BCUT2D eigenvalue weighted by Crippen LogP contribution is -2.12. The fourth-order valence-electron chi connectivity index (χ4n) is 3.79. The minimum Gasteiger partial charge on any atom is -0.466 e. The van der Waals surface area contributed by atoms with Crippen molar-refractivity contribution in [1.29, 1.82) is 0 Å². The van der Waals surface area contributed by atoms with Crippen molar-refractivity contribution in [3.05, 3.63) is 52.3 Å². The first-order valence-corrected chi connectivity index (χ1v) is 10.8. The second-order valence-electron chi connectivity index (χ2n) is 7.53. The molecule has 1 N–H and O–H groups in total. The predicted octanol–water partition coefficient (Wildman–Crippen LogP) is 2.61. The summed E-state index contributed by atoms with van der Waals surface area (Å²) >= 11 is 0. The number of hydrogen-bond donors (Lipinski definition) is 1. The average Bonchev–Trinajstić information content (AvgIpc) is 3.33. The van der Waals surface area contributed by atoms with Gasteiger partial charge in [-0.3, -0.25) is 9.59 Å². The molecule has 10 heteroatoms. The van der Waals surface area contributed by atoms with Crippen LogP contribution in [0.15, 0.2) is 35.4 Å². The number of esters is 2. The van der Waals surface area contributed by atoms with Gasteiger partial charge in [-0.2, -0.15) is 5.10 Å². The number of ether oxygens (including phenoxy) is 2. The highest BCUT2D eigenvalue weighted by atomic mass is 16.5. The zero-order valence-corrected chi connectivity index (χ0v) is 18.8. The molecule has 1 aromatic heterocycles. The summed E-state index contributed by atoms with van der Waals surface area (Å²) in [5.74, 6) is 0.0988. The lowest BCUT2D eigenvalue weighted by Gasteiger charge is -2.12. The van der Waals surface area contributed by atoms with Gasteiger partial charge in [0, 0.05) is 38.0 Å². The van der Waals surface area contributed by atoms with Crippen LogP contribution < -0.4 is 5.56 Å². The average molecular weight is 451 g/mol. The third kappa shape index (κ3) is 4.36. The quantitative estimate of drug-likeness (QED) is 0.409. The lowest BCUT2D eigenvalue weighted by atomic mass is 10.1. The Morgan fingerprint density at radius 1 is 1.12 bits per heavy atom. The number of pyridine rings is 1. The maximum absolute atomic E-state index is 12.5. The normalized spacial score (nSPS) is 11.2. The fourth-order valence-corrected chi connectivity index (χ4v) is 3.79. The van der Waals surface area contributed by atoms with Gasteiger partial charge >= 0.3 is 11.9 Å². The molecule has 0 aliphatic carbocycles. The Morgan fingerprint density at radius 3 is 2.67 bits per heavy atom. The molecule has 2 aliphatic heterocycles. The number of nitrogens with zero attached hydrogens (tertiary/aromatic N) is 4. The van der Waals surface area contributed by atoms with Gasteiger partial charge in [0.15, 0.2) is 0 Å². The molecule has 172 valence electrons. The highest BCUT2D eigenvalue weighted by molar-refractivity contribution is 5.96. The van der Waals surface area contributed by atoms with Crippen molar-refractivity contribution in [3.8, 4) is 16.9 Å². The molecule has 0 radical (unpaired) electrons. The molecule has 0 amide bonds. The smallest absolute Gasteiger partial charge is 0.341 e. The Bertz CT molecular complexity index is 1350. The Labute approximate surface area is 189 Å². The van der Waals surface area contributed by atoms with Gasteiger partial charge in [0.1, 0.15) is 17.1 Å². The molecule has 0 bridgehead atoms. The van der Waals surface area contributed by atoms with Gasteiger partial charge in [-0.25, -0.2) is 14.9 Å². The number of imidazole rings is 1. The van der Waals surface area contributed by atoms with Crippen LogP contribution in [0.25, 0.3) is 28.0 Å².